The lowest BCUT2D eigenvalue weighted by Gasteiger charge is -2.15. The summed E-state index contributed by atoms with van der Waals surface area (Å²) in [6.07, 6.45) is 4.69. The third-order valence-electron chi connectivity index (χ3n) is 7.69. The Balaban J connectivity index is 1.27. The van der Waals surface area contributed by atoms with Crippen molar-refractivity contribution in [3.05, 3.63) is 100 Å². The molecule has 1 aliphatic carbocycles. The molecule has 1 heterocycles. The van der Waals surface area contributed by atoms with Gasteiger partial charge in [0.15, 0.2) is 5.76 Å². The Labute approximate surface area is 230 Å². The molecule has 0 bridgehead atoms. The Kier molecular flexibility index (Phi) is 7.71. The van der Waals surface area contributed by atoms with Crippen molar-refractivity contribution in [2.24, 2.45) is 5.92 Å². The second-order valence-corrected chi connectivity index (χ2v) is 10.9. The van der Waals surface area contributed by atoms with E-state index in [-0.39, 0.29) is 5.97 Å². The van der Waals surface area contributed by atoms with Crippen LogP contribution < -0.4 is 0 Å². The fraction of sp³-hybridized carbons (Fsp3) is 0.333. The number of nitrogens with zero attached hydrogens (tertiary/aromatic N) is 1. The Bertz CT molecular complexity index is 1400. The highest BCUT2D eigenvalue weighted by Gasteiger charge is 2.52. The smallest absolute Gasteiger partial charge is 0.316 e. The van der Waals surface area contributed by atoms with E-state index in [0.717, 1.165) is 70.8 Å². The molecule has 1 unspecified atom stereocenters. The van der Waals surface area contributed by atoms with Gasteiger partial charge in [0.25, 0.3) is 0 Å². The zero-order valence-corrected chi connectivity index (χ0v) is 23.1. The van der Waals surface area contributed by atoms with Crippen LogP contribution in [0.5, 0.6) is 0 Å². The number of carbonyl (C=O) groups is 1. The molecule has 1 fully saturated rings. The quantitative estimate of drug-likeness (QED) is 0.194. The van der Waals surface area contributed by atoms with Crippen LogP contribution in [0.3, 0.4) is 0 Å². The van der Waals surface area contributed by atoms with Gasteiger partial charge < -0.3 is 9.26 Å². The lowest BCUT2D eigenvalue weighted by Crippen LogP contribution is -2.23. The molecular weight excluding hydrogens is 494 g/mol. The van der Waals surface area contributed by atoms with Crippen LogP contribution in [0.2, 0.25) is 5.02 Å². The fourth-order valence-corrected chi connectivity index (χ4v) is 5.43. The summed E-state index contributed by atoms with van der Waals surface area (Å²) in [5.74, 6) is 1.23. The maximum Gasteiger partial charge on any atom is 0.316 e. The summed E-state index contributed by atoms with van der Waals surface area (Å²) >= 11 is 6.15. The van der Waals surface area contributed by atoms with Crippen LogP contribution in [0.1, 0.15) is 55.5 Å². The average Bonchev–Trinajstić information content (AvgIpc) is 3.67. The molecule has 1 atom stereocenters. The van der Waals surface area contributed by atoms with Crippen molar-refractivity contribution in [1.82, 2.24) is 5.16 Å². The van der Waals surface area contributed by atoms with Crippen molar-refractivity contribution < 1.29 is 14.1 Å². The molecule has 1 aliphatic rings. The second-order valence-electron chi connectivity index (χ2n) is 10.5. The van der Waals surface area contributed by atoms with E-state index in [2.05, 4.69) is 66.7 Å². The first-order valence-electron chi connectivity index (χ1n) is 13.5. The van der Waals surface area contributed by atoms with E-state index in [9.17, 15) is 4.79 Å². The Hall–Kier alpha value is -3.37. The van der Waals surface area contributed by atoms with Crippen LogP contribution in [-0.2, 0) is 27.8 Å². The summed E-state index contributed by atoms with van der Waals surface area (Å²) in [4.78, 5) is 12.4. The summed E-state index contributed by atoms with van der Waals surface area (Å²) < 4.78 is 11.1. The van der Waals surface area contributed by atoms with E-state index in [1.54, 1.807) is 0 Å². The molecule has 196 valence electrons. The van der Waals surface area contributed by atoms with Gasteiger partial charge in [-0.05, 0) is 86.3 Å². The number of halogens is 1. The summed E-state index contributed by atoms with van der Waals surface area (Å²) in [6, 6.07) is 24.9. The number of esters is 1. The predicted molar refractivity (Wildman–Crippen MR) is 152 cm³/mol. The van der Waals surface area contributed by atoms with E-state index >= 15 is 0 Å². The molecule has 1 aromatic heterocycles. The number of benzene rings is 3. The lowest BCUT2D eigenvalue weighted by atomic mass is 9.91. The average molecular weight is 528 g/mol. The zero-order valence-electron chi connectivity index (χ0n) is 22.3. The van der Waals surface area contributed by atoms with Crippen molar-refractivity contribution >= 4 is 17.6 Å². The molecule has 4 nitrogen and oxygen atoms in total. The van der Waals surface area contributed by atoms with Gasteiger partial charge in [-0.3, -0.25) is 4.79 Å². The first-order valence-corrected chi connectivity index (χ1v) is 13.9. The molecule has 38 heavy (non-hydrogen) atoms. The minimum atomic E-state index is -0.440. The van der Waals surface area contributed by atoms with Gasteiger partial charge in [-0.25, -0.2) is 0 Å². The summed E-state index contributed by atoms with van der Waals surface area (Å²) in [5.41, 5.74) is 7.26. The predicted octanol–water partition coefficient (Wildman–Crippen LogP) is 8.38. The molecule has 5 rings (SSSR count). The molecule has 0 saturated heterocycles. The number of aromatic nitrogens is 1. The maximum absolute atomic E-state index is 12.4. The molecule has 5 heteroatoms. The van der Waals surface area contributed by atoms with Crippen LogP contribution in [0.25, 0.3) is 22.5 Å². The molecule has 0 amide bonds. The largest absolute Gasteiger partial charge is 0.465 e. The molecule has 3 aromatic carbocycles. The van der Waals surface area contributed by atoms with Gasteiger partial charge in [-0.15, -0.1) is 0 Å². The van der Waals surface area contributed by atoms with Crippen molar-refractivity contribution in [1.29, 1.82) is 0 Å². The van der Waals surface area contributed by atoms with Gasteiger partial charge in [-0.1, -0.05) is 84.3 Å². The Morgan fingerprint density at radius 3 is 2.32 bits per heavy atom. The zero-order chi connectivity index (χ0) is 26.7. The van der Waals surface area contributed by atoms with E-state index in [4.69, 9.17) is 20.9 Å². The molecule has 0 aliphatic heterocycles. The number of aryl methyl sites for hydroxylation is 2. The first-order chi connectivity index (χ1) is 18.4. The summed E-state index contributed by atoms with van der Waals surface area (Å²) in [6.45, 7) is 6.57. The standard InChI is InChI=1S/C33H34ClNO3/c1-4-37-32(36)33(18-19-33)28-16-14-26(15-17-28)25-10-12-27(13-11-25)31-30(23(3)35-38-31)20-22(2)8-9-24-6-5-7-29(34)21-24/h5-7,10-17,21-22H,4,8-9,18-20H2,1-3H3. The fourth-order valence-electron chi connectivity index (χ4n) is 5.21. The second kappa shape index (κ2) is 11.2. The minimum absolute atomic E-state index is 0.103. The van der Waals surface area contributed by atoms with Crippen molar-refractivity contribution in [3.63, 3.8) is 0 Å². The van der Waals surface area contributed by atoms with Gasteiger partial charge in [0, 0.05) is 16.1 Å². The topological polar surface area (TPSA) is 52.3 Å². The first kappa shape index (κ1) is 26.2. The highest BCUT2D eigenvalue weighted by molar-refractivity contribution is 6.30. The highest BCUT2D eigenvalue weighted by atomic mass is 35.5. The molecular formula is C33H34ClNO3. The van der Waals surface area contributed by atoms with Crippen LogP contribution >= 0.6 is 11.6 Å². The normalized spacial score (nSPS) is 14.7. The van der Waals surface area contributed by atoms with E-state index in [0.29, 0.717) is 12.5 Å². The lowest BCUT2D eigenvalue weighted by molar-refractivity contribution is -0.146. The van der Waals surface area contributed by atoms with Gasteiger partial charge >= 0.3 is 5.97 Å². The Morgan fingerprint density at radius 2 is 1.68 bits per heavy atom. The summed E-state index contributed by atoms with van der Waals surface area (Å²) in [7, 11) is 0. The van der Waals surface area contributed by atoms with Crippen LogP contribution in [0.4, 0.5) is 0 Å². The summed E-state index contributed by atoms with van der Waals surface area (Å²) in [5, 5.41) is 5.08. The number of rotatable bonds is 10. The highest BCUT2D eigenvalue weighted by Crippen LogP contribution is 2.49. The van der Waals surface area contributed by atoms with Gasteiger partial charge in [0.1, 0.15) is 0 Å². The van der Waals surface area contributed by atoms with Crippen molar-refractivity contribution in [2.45, 2.75) is 58.3 Å². The molecule has 4 aromatic rings. The minimum Gasteiger partial charge on any atom is -0.465 e. The number of hydrogen-bond donors (Lipinski definition) is 0. The van der Waals surface area contributed by atoms with E-state index < -0.39 is 5.41 Å². The number of hydrogen-bond acceptors (Lipinski definition) is 4. The molecule has 0 N–H and O–H groups in total. The van der Waals surface area contributed by atoms with E-state index in [1.807, 2.05) is 32.0 Å². The van der Waals surface area contributed by atoms with Gasteiger partial charge in [-0.2, -0.15) is 0 Å². The third-order valence-corrected chi connectivity index (χ3v) is 7.92. The monoisotopic (exact) mass is 527 g/mol. The molecule has 0 spiro atoms. The number of ether oxygens (including phenoxy) is 1. The van der Waals surface area contributed by atoms with Crippen LogP contribution in [0, 0.1) is 12.8 Å². The SMILES string of the molecule is CCOC(=O)C1(c2ccc(-c3ccc(-c4onc(C)c4CC(C)CCc4cccc(Cl)c4)cc3)cc2)CC1. The van der Waals surface area contributed by atoms with Crippen molar-refractivity contribution in [3.8, 4) is 22.5 Å². The molecule has 1 saturated carbocycles. The van der Waals surface area contributed by atoms with Crippen molar-refractivity contribution in [2.75, 3.05) is 6.61 Å². The van der Waals surface area contributed by atoms with Gasteiger partial charge in [0.05, 0.1) is 17.7 Å². The molecule has 0 radical (unpaired) electrons. The Morgan fingerprint density at radius 1 is 1.03 bits per heavy atom. The van der Waals surface area contributed by atoms with E-state index in [1.165, 1.54) is 11.1 Å². The number of carbonyl (C=O) groups excluding carboxylic acids is 1. The third kappa shape index (κ3) is 5.56. The van der Waals surface area contributed by atoms with Crippen LogP contribution in [0.15, 0.2) is 77.3 Å². The van der Waals surface area contributed by atoms with Crippen LogP contribution in [-0.4, -0.2) is 17.7 Å². The van der Waals surface area contributed by atoms with Gasteiger partial charge in [0.2, 0.25) is 0 Å². The maximum atomic E-state index is 12.4.